The van der Waals surface area contributed by atoms with E-state index in [0.717, 1.165) is 24.6 Å². The zero-order valence-electron chi connectivity index (χ0n) is 15.9. The Balaban J connectivity index is 1.39. The summed E-state index contributed by atoms with van der Waals surface area (Å²) in [5.74, 6) is 1.45. The number of anilines is 1. The second-order valence-electron chi connectivity index (χ2n) is 7.14. The first kappa shape index (κ1) is 17.6. The van der Waals surface area contributed by atoms with E-state index in [4.69, 9.17) is 0 Å². The highest BCUT2D eigenvalue weighted by Crippen LogP contribution is 2.40. The number of nitrogens with zero attached hydrogens (tertiary/aromatic N) is 5. The molecule has 7 heteroatoms. The number of aryl methyl sites for hydroxylation is 1. The summed E-state index contributed by atoms with van der Waals surface area (Å²) < 4.78 is 1.72. The summed E-state index contributed by atoms with van der Waals surface area (Å²) >= 11 is 0. The van der Waals surface area contributed by atoms with Crippen LogP contribution in [0.2, 0.25) is 0 Å². The maximum atomic E-state index is 12.7. The number of nitrogens with one attached hydrogen (secondary N) is 1. The normalized spacial score (nSPS) is 22.9. The van der Waals surface area contributed by atoms with Gasteiger partial charge in [-0.15, -0.1) is 0 Å². The first-order chi connectivity index (χ1) is 13.2. The second kappa shape index (κ2) is 7.42. The molecule has 27 heavy (non-hydrogen) atoms. The van der Waals surface area contributed by atoms with Crippen LogP contribution in [0.15, 0.2) is 47.7 Å². The number of hydrogen-bond acceptors (Lipinski definition) is 3. The molecule has 1 aliphatic heterocycles. The number of piperazine rings is 1. The smallest absolute Gasteiger partial charge is 0.246 e. The van der Waals surface area contributed by atoms with E-state index in [1.165, 1.54) is 5.56 Å². The van der Waals surface area contributed by atoms with Crippen LogP contribution in [0, 0.1) is 0 Å². The quantitative estimate of drug-likeness (QED) is 0.659. The van der Waals surface area contributed by atoms with E-state index in [1.54, 1.807) is 15.8 Å². The minimum atomic E-state index is 0.0789. The number of carbonyl (C=O) groups is 1. The second-order valence-corrected chi connectivity index (χ2v) is 7.14. The molecule has 1 amide bonds. The van der Waals surface area contributed by atoms with Gasteiger partial charge < -0.3 is 15.1 Å². The van der Waals surface area contributed by atoms with E-state index in [0.29, 0.717) is 31.6 Å². The van der Waals surface area contributed by atoms with Crippen LogP contribution in [0.4, 0.5) is 5.69 Å². The van der Waals surface area contributed by atoms with Gasteiger partial charge in [-0.1, -0.05) is 30.3 Å². The average molecular weight is 366 g/mol. The van der Waals surface area contributed by atoms with Crippen molar-refractivity contribution in [1.29, 1.82) is 0 Å². The van der Waals surface area contributed by atoms with Gasteiger partial charge in [0.1, 0.15) is 6.54 Å². The number of hydrogen-bond donors (Lipinski definition) is 1. The van der Waals surface area contributed by atoms with E-state index < -0.39 is 0 Å². The Morgan fingerprint density at radius 2 is 2.11 bits per heavy atom. The van der Waals surface area contributed by atoms with Crippen LogP contribution >= 0.6 is 0 Å². The molecule has 2 heterocycles. The molecule has 1 saturated heterocycles. The Kier molecular flexibility index (Phi) is 4.83. The predicted octanol–water partition coefficient (Wildman–Crippen LogP) is 1.59. The van der Waals surface area contributed by atoms with Crippen molar-refractivity contribution in [3.8, 4) is 0 Å². The van der Waals surface area contributed by atoms with Crippen molar-refractivity contribution in [1.82, 2.24) is 20.0 Å². The van der Waals surface area contributed by atoms with Crippen LogP contribution in [-0.2, 0) is 11.8 Å². The molecule has 4 rings (SSSR count). The summed E-state index contributed by atoms with van der Waals surface area (Å²) in [5, 5.41) is 7.75. The van der Waals surface area contributed by atoms with E-state index in [9.17, 15) is 4.79 Å². The molecular weight excluding hydrogens is 340 g/mol. The van der Waals surface area contributed by atoms with E-state index >= 15 is 0 Å². The summed E-state index contributed by atoms with van der Waals surface area (Å²) in [7, 11) is 1.86. The van der Waals surface area contributed by atoms with E-state index in [2.05, 4.69) is 44.6 Å². The van der Waals surface area contributed by atoms with Crippen molar-refractivity contribution >= 4 is 17.6 Å². The Bertz CT molecular complexity index is 830. The molecule has 7 nitrogen and oxygen atoms in total. The first-order valence-electron chi connectivity index (χ1n) is 9.55. The van der Waals surface area contributed by atoms with Crippen LogP contribution in [-0.4, -0.2) is 58.8 Å². The van der Waals surface area contributed by atoms with Crippen molar-refractivity contribution in [3.63, 3.8) is 0 Å². The molecule has 2 aliphatic rings. The van der Waals surface area contributed by atoms with Crippen LogP contribution in [0.3, 0.4) is 0 Å². The number of aliphatic imine (C=N–C) groups is 1. The molecule has 1 saturated carbocycles. The van der Waals surface area contributed by atoms with Gasteiger partial charge >= 0.3 is 0 Å². The number of benzene rings is 1. The minimum Gasteiger partial charge on any atom is -0.353 e. The number of guanidine groups is 1. The third kappa shape index (κ3) is 3.82. The predicted molar refractivity (Wildman–Crippen MR) is 106 cm³/mol. The van der Waals surface area contributed by atoms with Crippen molar-refractivity contribution in [2.45, 2.75) is 25.3 Å². The standard InChI is InChI=1S/C20H26N6O/c1-3-21-20(23-18-11-17(18)15-7-5-4-6-8-15)25-9-10-26(19(27)14-25)16-12-22-24(2)13-16/h4-8,12-13,17-18H,3,9-11,14H2,1-2H3,(H,21,23). The lowest BCUT2D eigenvalue weighted by atomic mass is 10.1. The Hall–Kier alpha value is -2.83. The van der Waals surface area contributed by atoms with Gasteiger partial charge in [0, 0.05) is 44.8 Å². The molecule has 1 N–H and O–H groups in total. The van der Waals surface area contributed by atoms with Gasteiger partial charge in [0.25, 0.3) is 0 Å². The topological polar surface area (TPSA) is 65.8 Å². The summed E-state index contributed by atoms with van der Waals surface area (Å²) in [6, 6.07) is 11.0. The van der Waals surface area contributed by atoms with Gasteiger partial charge in [0.2, 0.25) is 5.91 Å². The fraction of sp³-hybridized carbons (Fsp3) is 0.450. The van der Waals surface area contributed by atoms with Crippen molar-refractivity contribution in [2.24, 2.45) is 12.0 Å². The minimum absolute atomic E-state index is 0.0789. The summed E-state index contributed by atoms with van der Waals surface area (Å²) in [5.41, 5.74) is 2.22. The summed E-state index contributed by atoms with van der Waals surface area (Å²) in [6.45, 7) is 4.46. The molecule has 2 unspecified atom stereocenters. The van der Waals surface area contributed by atoms with Gasteiger partial charge in [0.05, 0.1) is 11.9 Å². The van der Waals surface area contributed by atoms with Gasteiger partial charge in [-0.3, -0.25) is 14.5 Å². The Morgan fingerprint density at radius 3 is 2.78 bits per heavy atom. The molecule has 1 aromatic heterocycles. The number of rotatable bonds is 4. The van der Waals surface area contributed by atoms with Gasteiger partial charge in [0.15, 0.2) is 5.96 Å². The highest BCUT2D eigenvalue weighted by atomic mass is 16.2. The molecule has 1 aliphatic carbocycles. The van der Waals surface area contributed by atoms with Gasteiger partial charge in [-0.05, 0) is 18.9 Å². The third-order valence-corrected chi connectivity index (χ3v) is 5.16. The zero-order chi connectivity index (χ0) is 18.8. The van der Waals surface area contributed by atoms with Crippen molar-refractivity contribution in [3.05, 3.63) is 48.3 Å². The van der Waals surface area contributed by atoms with Crippen molar-refractivity contribution in [2.75, 3.05) is 31.1 Å². The number of amides is 1. The summed E-state index contributed by atoms with van der Waals surface area (Å²) in [6.07, 6.45) is 4.72. The molecule has 2 fully saturated rings. The van der Waals surface area contributed by atoms with Gasteiger partial charge in [-0.25, -0.2) is 0 Å². The Labute approximate surface area is 159 Å². The zero-order valence-corrected chi connectivity index (χ0v) is 15.9. The summed E-state index contributed by atoms with van der Waals surface area (Å²) in [4.78, 5) is 21.2. The maximum Gasteiger partial charge on any atom is 0.246 e. The fourth-order valence-corrected chi connectivity index (χ4v) is 3.65. The van der Waals surface area contributed by atoms with Crippen LogP contribution in [0.1, 0.15) is 24.8 Å². The molecule has 142 valence electrons. The lowest BCUT2D eigenvalue weighted by Crippen LogP contribution is -2.55. The molecule has 0 radical (unpaired) electrons. The van der Waals surface area contributed by atoms with Crippen LogP contribution < -0.4 is 10.2 Å². The highest BCUT2D eigenvalue weighted by Gasteiger charge is 2.40. The van der Waals surface area contributed by atoms with Crippen LogP contribution in [0.5, 0.6) is 0 Å². The molecule has 2 atom stereocenters. The highest BCUT2D eigenvalue weighted by molar-refractivity contribution is 5.98. The fourth-order valence-electron chi connectivity index (χ4n) is 3.65. The molecule has 0 bridgehead atoms. The van der Waals surface area contributed by atoms with Crippen molar-refractivity contribution < 1.29 is 4.79 Å². The van der Waals surface area contributed by atoms with Crippen LogP contribution in [0.25, 0.3) is 0 Å². The molecule has 1 aromatic carbocycles. The molecular formula is C20H26N6O. The Morgan fingerprint density at radius 1 is 1.30 bits per heavy atom. The van der Waals surface area contributed by atoms with E-state index in [-0.39, 0.29) is 5.91 Å². The monoisotopic (exact) mass is 366 g/mol. The molecule has 2 aromatic rings. The number of carbonyl (C=O) groups excluding carboxylic acids is 1. The maximum absolute atomic E-state index is 12.7. The molecule has 0 spiro atoms. The SMILES string of the molecule is CCN=C(NC1CC1c1ccccc1)N1CCN(c2cnn(C)c2)C(=O)C1. The largest absolute Gasteiger partial charge is 0.353 e. The van der Waals surface area contributed by atoms with Gasteiger partial charge in [-0.2, -0.15) is 5.10 Å². The number of aromatic nitrogens is 2. The lowest BCUT2D eigenvalue weighted by molar-refractivity contribution is -0.120. The lowest BCUT2D eigenvalue weighted by Gasteiger charge is -2.35. The van der Waals surface area contributed by atoms with E-state index in [1.807, 2.05) is 26.2 Å². The first-order valence-corrected chi connectivity index (χ1v) is 9.55. The third-order valence-electron chi connectivity index (χ3n) is 5.16. The average Bonchev–Trinajstić information content (AvgIpc) is 3.32.